The van der Waals surface area contributed by atoms with Crippen molar-refractivity contribution >= 4 is 38.9 Å². The molecule has 0 saturated heterocycles. The lowest BCUT2D eigenvalue weighted by molar-refractivity contribution is 0.0921. The Morgan fingerprint density at radius 3 is 2.63 bits per heavy atom. The number of rotatable bonds is 2. The fraction of sp³-hybridized carbons (Fsp3) is 0.357. The summed E-state index contributed by atoms with van der Waals surface area (Å²) >= 11 is 7.36. The van der Waals surface area contributed by atoms with E-state index in [0.29, 0.717) is 15.6 Å². The Bertz CT molecular complexity index is 628. The van der Waals surface area contributed by atoms with Crippen molar-refractivity contribution in [3.05, 3.63) is 28.1 Å². The zero-order valence-electron chi connectivity index (χ0n) is 11.3. The summed E-state index contributed by atoms with van der Waals surface area (Å²) in [5, 5.41) is 4.51. The van der Waals surface area contributed by atoms with Gasteiger partial charge < -0.3 is 10.1 Å². The number of methoxy groups -OCH3 is 1. The summed E-state index contributed by atoms with van der Waals surface area (Å²) < 4.78 is 6.33. The van der Waals surface area contributed by atoms with Gasteiger partial charge in [-0.15, -0.1) is 11.3 Å². The number of fused-ring (bicyclic) bond motifs is 1. The number of halogens is 1. The minimum Gasteiger partial charge on any atom is -0.494 e. The molecule has 5 heteroatoms. The summed E-state index contributed by atoms with van der Waals surface area (Å²) in [7, 11) is 1.57. The fourth-order valence-electron chi connectivity index (χ4n) is 1.80. The minimum absolute atomic E-state index is 0.123. The second-order valence-electron chi connectivity index (χ2n) is 5.31. The van der Waals surface area contributed by atoms with Gasteiger partial charge in [-0.2, -0.15) is 0 Å². The van der Waals surface area contributed by atoms with Gasteiger partial charge in [0.25, 0.3) is 5.91 Å². The lowest BCUT2D eigenvalue weighted by Gasteiger charge is -2.20. The van der Waals surface area contributed by atoms with Crippen molar-refractivity contribution in [2.45, 2.75) is 26.3 Å². The van der Waals surface area contributed by atoms with Gasteiger partial charge in [-0.05, 0) is 39.0 Å². The molecular formula is C14H16ClNO2S. The Morgan fingerprint density at radius 1 is 1.37 bits per heavy atom. The maximum atomic E-state index is 12.3. The molecule has 1 aromatic carbocycles. The summed E-state index contributed by atoms with van der Waals surface area (Å²) in [5.74, 6) is 0.486. The molecule has 0 radical (unpaired) electrons. The number of amides is 1. The molecule has 2 aromatic rings. The molecule has 0 bridgehead atoms. The molecule has 3 nitrogen and oxygen atoms in total. The maximum absolute atomic E-state index is 12.3. The van der Waals surface area contributed by atoms with E-state index in [0.717, 1.165) is 10.1 Å². The first-order chi connectivity index (χ1) is 8.81. The zero-order chi connectivity index (χ0) is 14.2. The molecular weight excluding hydrogens is 282 g/mol. The van der Waals surface area contributed by atoms with Crippen LogP contribution in [0.5, 0.6) is 5.75 Å². The van der Waals surface area contributed by atoms with E-state index >= 15 is 0 Å². The monoisotopic (exact) mass is 297 g/mol. The van der Waals surface area contributed by atoms with Gasteiger partial charge in [-0.25, -0.2) is 0 Å². The van der Waals surface area contributed by atoms with Gasteiger partial charge in [0.1, 0.15) is 10.6 Å². The zero-order valence-corrected chi connectivity index (χ0v) is 12.9. The van der Waals surface area contributed by atoms with E-state index in [1.54, 1.807) is 13.2 Å². The standard InChI is InChI=1S/C14H16ClNO2S/c1-14(2,3)16-13(17)12-11(18-4)9-6-5-8(15)7-10(9)19-12/h5-7H,1-4H3,(H,16,17). The van der Waals surface area contributed by atoms with Gasteiger partial charge >= 0.3 is 0 Å². The molecule has 0 fully saturated rings. The van der Waals surface area contributed by atoms with Crippen molar-refractivity contribution in [1.82, 2.24) is 5.32 Å². The molecule has 0 aliphatic carbocycles. The van der Waals surface area contributed by atoms with E-state index in [2.05, 4.69) is 5.32 Å². The van der Waals surface area contributed by atoms with Crippen LogP contribution in [0.1, 0.15) is 30.4 Å². The summed E-state index contributed by atoms with van der Waals surface area (Å²) in [6.07, 6.45) is 0. The highest BCUT2D eigenvalue weighted by molar-refractivity contribution is 7.21. The number of hydrogen-bond donors (Lipinski definition) is 1. The molecule has 0 aliphatic heterocycles. The smallest absolute Gasteiger partial charge is 0.265 e. The molecule has 0 saturated carbocycles. The molecule has 102 valence electrons. The predicted molar refractivity (Wildman–Crippen MR) is 80.6 cm³/mol. The Morgan fingerprint density at radius 2 is 2.05 bits per heavy atom. The maximum Gasteiger partial charge on any atom is 0.265 e. The second kappa shape index (κ2) is 5.02. The second-order valence-corrected chi connectivity index (χ2v) is 6.80. The van der Waals surface area contributed by atoms with Gasteiger partial charge in [0.05, 0.1) is 7.11 Å². The van der Waals surface area contributed by atoms with Crippen LogP contribution in [-0.2, 0) is 0 Å². The van der Waals surface area contributed by atoms with Crippen LogP contribution in [0, 0.1) is 0 Å². The van der Waals surface area contributed by atoms with Gasteiger partial charge in [0.15, 0.2) is 0 Å². The highest BCUT2D eigenvalue weighted by Crippen LogP contribution is 2.38. The fourth-order valence-corrected chi connectivity index (χ4v) is 3.14. The molecule has 0 unspecified atom stereocenters. The molecule has 1 heterocycles. The predicted octanol–water partition coefficient (Wildman–Crippen LogP) is 4.09. The number of carbonyl (C=O) groups excluding carboxylic acids is 1. The summed E-state index contributed by atoms with van der Waals surface area (Å²) in [6, 6.07) is 5.52. The van der Waals surface area contributed by atoms with E-state index in [1.165, 1.54) is 11.3 Å². The topological polar surface area (TPSA) is 38.3 Å². The summed E-state index contributed by atoms with van der Waals surface area (Å²) in [4.78, 5) is 12.9. The molecule has 1 amide bonds. The van der Waals surface area contributed by atoms with Crippen molar-refractivity contribution in [1.29, 1.82) is 0 Å². The van der Waals surface area contributed by atoms with Crippen molar-refractivity contribution in [2.24, 2.45) is 0 Å². The van der Waals surface area contributed by atoms with Gasteiger partial charge in [-0.1, -0.05) is 11.6 Å². The Hall–Kier alpha value is -1.26. The van der Waals surface area contributed by atoms with E-state index < -0.39 is 0 Å². The minimum atomic E-state index is -0.282. The van der Waals surface area contributed by atoms with Crippen LogP contribution in [0.2, 0.25) is 5.02 Å². The third kappa shape index (κ3) is 3.01. The molecule has 19 heavy (non-hydrogen) atoms. The van der Waals surface area contributed by atoms with Crippen LogP contribution in [0.4, 0.5) is 0 Å². The third-order valence-corrected chi connectivity index (χ3v) is 3.87. The summed E-state index contributed by atoms with van der Waals surface area (Å²) in [6.45, 7) is 5.84. The molecule has 0 aliphatic rings. The van der Waals surface area contributed by atoms with Crippen molar-refractivity contribution in [3.8, 4) is 5.75 Å². The SMILES string of the molecule is COc1c(C(=O)NC(C)(C)C)sc2cc(Cl)ccc12. The number of thiophene rings is 1. The van der Waals surface area contributed by atoms with Gasteiger partial charge in [0, 0.05) is 20.6 Å². The lowest BCUT2D eigenvalue weighted by Crippen LogP contribution is -2.40. The van der Waals surface area contributed by atoms with Crippen molar-refractivity contribution < 1.29 is 9.53 Å². The molecule has 1 aromatic heterocycles. The van der Waals surface area contributed by atoms with Crippen molar-refractivity contribution in [3.63, 3.8) is 0 Å². The van der Waals surface area contributed by atoms with E-state index in [4.69, 9.17) is 16.3 Å². The Kier molecular flexibility index (Phi) is 3.74. The number of hydrogen-bond acceptors (Lipinski definition) is 3. The normalized spacial score (nSPS) is 11.6. The Balaban J connectivity index is 2.51. The average molecular weight is 298 g/mol. The largest absolute Gasteiger partial charge is 0.494 e. The highest BCUT2D eigenvalue weighted by atomic mass is 35.5. The van der Waals surface area contributed by atoms with E-state index in [1.807, 2.05) is 32.9 Å². The van der Waals surface area contributed by atoms with Gasteiger partial charge in [0.2, 0.25) is 0 Å². The van der Waals surface area contributed by atoms with Crippen LogP contribution >= 0.6 is 22.9 Å². The first kappa shape index (κ1) is 14.2. The van der Waals surface area contributed by atoms with E-state index in [-0.39, 0.29) is 11.4 Å². The Labute approximate surface area is 121 Å². The van der Waals surface area contributed by atoms with Crippen LogP contribution in [-0.4, -0.2) is 18.6 Å². The van der Waals surface area contributed by atoms with Crippen LogP contribution in [0.25, 0.3) is 10.1 Å². The number of carbonyl (C=O) groups is 1. The summed E-state index contributed by atoms with van der Waals surface area (Å²) in [5.41, 5.74) is -0.282. The van der Waals surface area contributed by atoms with Crippen molar-refractivity contribution in [2.75, 3.05) is 7.11 Å². The van der Waals surface area contributed by atoms with Crippen LogP contribution in [0.3, 0.4) is 0 Å². The van der Waals surface area contributed by atoms with Gasteiger partial charge in [-0.3, -0.25) is 4.79 Å². The van der Waals surface area contributed by atoms with Crippen LogP contribution in [0.15, 0.2) is 18.2 Å². The molecule has 0 atom stereocenters. The lowest BCUT2D eigenvalue weighted by atomic mass is 10.1. The molecule has 0 spiro atoms. The third-order valence-electron chi connectivity index (χ3n) is 2.51. The van der Waals surface area contributed by atoms with Crippen LogP contribution < -0.4 is 10.1 Å². The quantitative estimate of drug-likeness (QED) is 0.906. The molecule has 1 N–H and O–H groups in total. The average Bonchev–Trinajstić information content (AvgIpc) is 2.64. The number of nitrogens with one attached hydrogen (secondary N) is 1. The highest BCUT2D eigenvalue weighted by Gasteiger charge is 2.22. The van der Waals surface area contributed by atoms with E-state index in [9.17, 15) is 4.79 Å². The number of benzene rings is 1. The number of ether oxygens (including phenoxy) is 1. The molecule has 2 rings (SSSR count). The first-order valence-electron chi connectivity index (χ1n) is 5.90. The first-order valence-corrected chi connectivity index (χ1v) is 7.10.